The largest absolute Gasteiger partial charge is 0.330 e. The summed E-state index contributed by atoms with van der Waals surface area (Å²) in [6.07, 6.45) is 3.53. The Bertz CT molecular complexity index is 359. The number of unbranched alkanes of at least 4 members (excludes halogenated alkanes) is 1. The maximum absolute atomic E-state index is 13.3. The van der Waals surface area contributed by atoms with Gasteiger partial charge in [0.15, 0.2) is 0 Å². The summed E-state index contributed by atoms with van der Waals surface area (Å²) < 4.78 is 26.2. The Balaban J connectivity index is 2.85. The van der Waals surface area contributed by atoms with E-state index in [1.165, 1.54) is 6.07 Å². The van der Waals surface area contributed by atoms with Gasteiger partial charge in [0.2, 0.25) is 0 Å². The molecule has 0 aromatic heterocycles. The second kappa shape index (κ2) is 5.61. The number of hydrogen-bond donors (Lipinski definition) is 1. The van der Waals surface area contributed by atoms with Crippen LogP contribution in [0, 0.1) is 11.6 Å². The highest BCUT2D eigenvalue weighted by atomic mass is 19.1. The summed E-state index contributed by atoms with van der Waals surface area (Å²) in [5.41, 5.74) is 6.42. The van der Waals surface area contributed by atoms with Gasteiger partial charge >= 0.3 is 0 Å². The smallest absolute Gasteiger partial charge is 0.130 e. The fourth-order valence-electron chi connectivity index (χ4n) is 1.35. The van der Waals surface area contributed by atoms with Crippen molar-refractivity contribution in [3.63, 3.8) is 0 Å². The second-order valence-corrected chi connectivity index (χ2v) is 3.44. The Morgan fingerprint density at radius 3 is 2.80 bits per heavy atom. The number of halogens is 2. The molecule has 0 amide bonds. The van der Waals surface area contributed by atoms with Crippen molar-refractivity contribution in [3.8, 4) is 0 Å². The average Bonchev–Trinajstić information content (AvgIpc) is 2.22. The Kier molecular flexibility index (Phi) is 4.43. The molecule has 0 unspecified atom stereocenters. The van der Waals surface area contributed by atoms with Crippen LogP contribution in [0.2, 0.25) is 0 Å². The number of allylic oxidation sites excluding steroid dienone is 2. The molecule has 0 aliphatic carbocycles. The van der Waals surface area contributed by atoms with Crippen molar-refractivity contribution in [2.24, 2.45) is 5.73 Å². The molecule has 1 nitrogen and oxygen atoms in total. The van der Waals surface area contributed by atoms with Crippen molar-refractivity contribution < 1.29 is 8.78 Å². The standard InChI is InChI=1S/C12H15F2N/c1-9(4-2-3-7-15)11-8-10(13)5-6-12(11)14/h4-6,8H,2-3,7,15H2,1H3/b9-4+. The third-order valence-corrected chi connectivity index (χ3v) is 2.21. The predicted molar refractivity (Wildman–Crippen MR) is 58.3 cm³/mol. The molecule has 2 N–H and O–H groups in total. The van der Waals surface area contributed by atoms with E-state index in [9.17, 15) is 8.78 Å². The van der Waals surface area contributed by atoms with Crippen LogP contribution in [-0.2, 0) is 0 Å². The lowest BCUT2D eigenvalue weighted by molar-refractivity contribution is 0.597. The first kappa shape index (κ1) is 11.9. The minimum atomic E-state index is -0.419. The summed E-state index contributed by atoms with van der Waals surface area (Å²) in [5, 5.41) is 0. The van der Waals surface area contributed by atoms with Gasteiger partial charge < -0.3 is 5.73 Å². The molecule has 0 aliphatic heterocycles. The van der Waals surface area contributed by atoms with Crippen LogP contribution < -0.4 is 5.73 Å². The monoisotopic (exact) mass is 211 g/mol. The lowest BCUT2D eigenvalue weighted by Crippen LogP contribution is -1.97. The van der Waals surface area contributed by atoms with Crippen molar-refractivity contribution in [2.75, 3.05) is 6.54 Å². The van der Waals surface area contributed by atoms with E-state index in [1.54, 1.807) is 6.92 Å². The van der Waals surface area contributed by atoms with E-state index in [4.69, 9.17) is 5.73 Å². The quantitative estimate of drug-likeness (QED) is 0.761. The van der Waals surface area contributed by atoms with Crippen molar-refractivity contribution >= 4 is 5.57 Å². The van der Waals surface area contributed by atoms with Crippen LogP contribution in [0.5, 0.6) is 0 Å². The van der Waals surface area contributed by atoms with Gasteiger partial charge in [-0.25, -0.2) is 8.78 Å². The van der Waals surface area contributed by atoms with Gasteiger partial charge in [-0.2, -0.15) is 0 Å². The fourth-order valence-corrected chi connectivity index (χ4v) is 1.35. The van der Waals surface area contributed by atoms with Gasteiger partial charge in [0.25, 0.3) is 0 Å². The molecule has 1 aromatic rings. The van der Waals surface area contributed by atoms with E-state index in [0.717, 1.165) is 30.5 Å². The van der Waals surface area contributed by atoms with E-state index in [1.807, 2.05) is 6.08 Å². The summed E-state index contributed by atoms with van der Waals surface area (Å²) >= 11 is 0. The summed E-state index contributed by atoms with van der Waals surface area (Å²) in [7, 11) is 0. The molecule has 0 spiro atoms. The maximum Gasteiger partial charge on any atom is 0.130 e. The first-order valence-corrected chi connectivity index (χ1v) is 4.97. The van der Waals surface area contributed by atoms with E-state index in [2.05, 4.69) is 0 Å². The lowest BCUT2D eigenvalue weighted by Gasteiger charge is -2.03. The van der Waals surface area contributed by atoms with Crippen LogP contribution in [0.25, 0.3) is 5.57 Å². The highest BCUT2D eigenvalue weighted by molar-refractivity contribution is 5.64. The molecule has 1 aromatic carbocycles. The zero-order chi connectivity index (χ0) is 11.3. The molecule has 0 atom stereocenters. The maximum atomic E-state index is 13.3. The van der Waals surface area contributed by atoms with Crippen molar-refractivity contribution in [3.05, 3.63) is 41.5 Å². The molecule has 3 heteroatoms. The number of hydrogen-bond acceptors (Lipinski definition) is 1. The molecule has 0 radical (unpaired) electrons. The van der Waals surface area contributed by atoms with Crippen molar-refractivity contribution in [1.82, 2.24) is 0 Å². The molecule has 0 saturated carbocycles. The molecular formula is C12H15F2N. The minimum Gasteiger partial charge on any atom is -0.330 e. The van der Waals surface area contributed by atoms with Crippen LogP contribution in [-0.4, -0.2) is 6.54 Å². The van der Waals surface area contributed by atoms with Gasteiger partial charge in [-0.05, 0) is 50.1 Å². The van der Waals surface area contributed by atoms with Crippen LogP contribution in [0.3, 0.4) is 0 Å². The molecule has 0 bridgehead atoms. The van der Waals surface area contributed by atoms with Crippen LogP contribution in [0.15, 0.2) is 24.3 Å². The molecular weight excluding hydrogens is 196 g/mol. The Morgan fingerprint density at radius 1 is 1.40 bits per heavy atom. The minimum absolute atomic E-state index is 0.326. The number of benzene rings is 1. The zero-order valence-corrected chi connectivity index (χ0v) is 8.76. The van der Waals surface area contributed by atoms with E-state index in [0.29, 0.717) is 12.1 Å². The van der Waals surface area contributed by atoms with Gasteiger partial charge in [0.05, 0.1) is 0 Å². The third kappa shape index (κ3) is 3.44. The fraction of sp³-hybridized carbons (Fsp3) is 0.333. The lowest BCUT2D eigenvalue weighted by atomic mass is 10.1. The molecule has 1 rings (SSSR count). The predicted octanol–water partition coefficient (Wildman–Crippen LogP) is 3.11. The van der Waals surface area contributed by atoms with Crippen molar-refractivity contribution in [1.29, 1.82) is 0 Å². The number of nitrogens with two attached hydrogens (primary N) is 1. The normalized spacial score (nSPS) is 11.9. The molecule has 15 heavy (non-hydrogen) atoms. The van der Waals surface area contributed by atoms with Gasteiger partial charge in [-0.3, -0.25) is 0 Å². The molecule has 0 fully saturated rings. The highest BCUT2D eigenvalue weighted by Gasteiger charge is 2.04. The average molecular weight is 211 g/mol. The molecule has 0 heterocycles. The zero-order valence-electron chi connectivity index (χ0n) is 8.76. The van der Waals surface area contributed by atoms with E-state index >= 15 is 0 Å². The van der Waals surface area contributed by atoms with E-state index in [-0.39, 0.29) is 0 Å². The Hall–Kier alpha value is -1.22. The highest BCUT2D eigenvalue weighted by Crippen LogP contribution is 2.19. The topological polar surface area (TPSA) is 26.0 Å². The van der Waals surface area contributed by atoms with Crippen molar-refractivity contribution in [2.45, 2.75) is 19.8 Å². The third-order valence-electron chi connectivity index (χ3n) is 2.21. The van der Waals surface area contributed by atoms with Gasteiger partial charge in [-0.1, -0.05) is 6.08 Å². The van der Waals surface area contributed by atoms with Gasteiger partial charge in [-0.15, -0.1) is 0 Å². The van der Waals surface area contributed by atoms with Crippen LogP contribution in [0.1, 0.15) is 25.3 Å². The SMILES string of the molecule is C/C(=C\CCCN)c1cc(F)ccc1F. The van der Waals surface area contributed by atoms with Crippen LogP contribution in [0.4, 0.5) is 8.78 Å². The summed E-state index contributed by atoms with van der Waals surface area (Å²) in [6, 6.07) is 3.47. The van der Waals surface area contributed by atoms with Gasteiger partial charge in [0.1, 0.15) is 11.6 Å². The first-order valence-electron chi connectivity index (χ1n) is 4.97. The van der Waals surface area contributed by atoms with Gasteiger partial charge in [0, 0.05) is 5.56 Å². The summed E-state index contributed by atoms with van der Waals surface area (Å²) in [5.74, 6) is -0.809. The Morgan fingerprint density at radius 2 is 2.13 bits per heavy atom. The Labute approximate surface area is 88.6 Å². The molecule has 0 aliphatic rings. The second-order valence-electron chi connectivity index (χ2n) is 3.44. The molecule has 82 valence electrons. The molecule has 0 saturated heterocycles. The van der Waals surface area contributed by atoms with E-state index < -0.39 is 11.6 Å². The van der Waals surface area contributed by atoms with Crippen LogP contribution >= 0.6 is 0 Å². The first-order chi connectivity index (χ1) is 7.15. The summed E-state index contributed by atoms with van der Waals surface area (Å²) in [4.78, 5) is 0. The summed E-state index contributed by atoms with van der Waals surface area (Å²) in [6.45, 7) is 2.38. The number of rotatable bonds is 4.